The van der Waals surface area contributed by atoms with E-state index in [1.165, 1.54) is 16.5 Å². The number of aryl methyl sites for hydroxylation is 1. The minimum Gasteiger partial charge on any atom is -0.478 e. The predicted molar refractivity (Wildman–Crippen MR) is 82.9 cm³/mol. The number of rotatable bonds is 6. The number of allylic oxidation sites excluding steroid dienone is 1. The summed E-state index contributed by atoms with van der Waals surface area (Å²) in [4.78, 5) is 15.6. The number of carboxylic acids is 1. The zero-order valence-electron chi connectivity index (χ0n) is 11.1. The zero-order valence-corrected chi connectivity index (χ0v) is 12.0. The van der Waals surface area contributed by atoms with Crippen molar-refractivity contribution in [2.75, 3.05) is 0 Å². The number of carbonyl (C=O) groups is 1. The second-order valence-corrected chi connectivity index (χ2v) is 5.42. The Balaban J connectivity index is 2.02. The lowest BCUT2D eigenvalue weighted by molar-refractivity contribution is -0.132. The van der Waals surface area contributed by atoms with Gasteiger partial charge >= 0.3 is 5.97 Å². The highest BCUT2D eigenvalue weighted by molar-refractivity contribution is 7.15. The summed E-state index contributed by atoms with van der Waals surface area (Å²) in [6.07, 6.45) is 2.69. The van der Waals surface area contributed by atoms with E-state index >= 15 is 0 Å². The maximum absolute atomic E-state index is 10.8. The molecule has 1 aromatic carbocycles. The second kappa shape index (κ2) is 7.28. The molecule has 0 unspecified atom stereocenters. The van der Waals surface area contributed by atoms with E-state index in [2.05, 4.69) is 28.2 Å². The minimum absolute atomic E-state index is 0.252. The van der Waals surface area contributed by atoms with Crippen molar-refractivity contribution in [2.24, 2.45) is 5.11 Å². The summed E-state index contributed by atoms with van der Waals surface area (Å²) in [6, 6.07) is 14.2. The summed E-state index contributed by atoms with van der Waals surface area (Å²) in [6.45, 7) is 0. The van der Waals surface area contributed by atoms with Crippen molar-refractivity contribution in [3.05, 3.63) is 69.6 Å². The smallest absolute Gasteiger partial charge is 0.337 e. The van der Waals surface area contributed by atoms with Crippen molar-refractivity contribution < 1.29 is 9.90 Å². The molecule has 0 saturated carbocycles. The molecule has 0 amide bonds. The van der Waals surface area contributed by atoms with Crippen LogP contribution < -0.4 is 0 Å². The average Bonchev–Trinajstić information content (AvgIpc) is 2.96. The number of carboxylic acid groups (broad SMARTS) is 1. The highest BCUT2D eigenvalue weighted by atomic mass is 32.1. The molecule has 0 radical (unpaired) electrons. The summed E-state index contributed by atoms with van der Waals surface area (Å²) in [5.74, 6) is -1.20. The Bertz CT molecular complexity index is 697. The Morgan fingerprint density at radius 3 is 2.71 bits per heavy atom. The van der Waals surface area contributed by atoms with Gasteiger partial charge < -0.3 is 5.11 Å². The molecule has 1 aromatic heterocycles. The Kier molecular flexibility index (Phi) is 5.15. The first-order valence-electron chi connectivity index (χ1n) is 6.33. The number of thiophene rings is 1. The van der Waals surface area contributed by atoms with Crippen molar-refractivity contribution in [3.8, 4) is 10.4 Å². The lowest BCUT2D eigenvalue weighted by Crippen LogP contribution is -1.97. The van der Waals surface area contributed by atoms with Crippen LogP contribution in [0.15, 0.2) is 59.4 Å². The number of benzene rings is 1. The summed E-state index contributed by atoms with van der Waals surface area (Å²) in [5, 5.41) is 12.0. The van der Waals surface area contributed by atoms with Gasteiger partial charge in [0.05, 0.1) is 0 Å². The predicted octanol–water partition coefficient (Wildman–Crippen LogP) is 4.63. The molecule has 1 heterocycles. The van der Waals surface area contributed by atoms with Gasteiger partial charge in [0.1, 0.15) is 5.70 Å². The molecule has 0 fully saturated rings. The second-order valence-electron chi connectivity index (χ2n) is 4.25. The van der Waals surface area contributed by atoms with Crippen LogP contribution in [0.3, 0.4) is 0 Å². The molecule has 0 saturated heterocycles. The van der Waals surface area contributed by atoms with Gasteiger partial charge in [0, 0.05) is 14.7 Å². The van der Waals surface area contributed by atoms with Crippen molar-refractivity contribution in [3.63, 3.8) is 0 Å². The van der Waals surface area contributed by atoms with E-state index in [-0.39, 0.29) is 5.70 Å². The molecule has 5 nitrogen and oxygen atoms in total. The van der Waals surface area contributed by atoms with E-state index in [1.807, 2.05) is 24.3 Å². The molecule has 106 valence electrons. The molecule has 0 spiro atoms. The topological polar surface area (TPSA) is 86.1 Å². The first-order chi connectivity index (χ1) is 10.2. The number of hydrogen-bond donors (Lipinski definition) is 1. The fraction of sp³-hybridized carbons (Fsp3) is 0.133. The molecule has 0 aliphatic carbocycles. The van der Waals surface area contributed by atoms with Crippen LogP contribution in [0.4, 0.5) is 0 Å². The van der Waals surface area contributed by atoms with Gasteiger partial charge in [-0.2, -0.15) is 0 Å². The van der Waals surface area contributed by atoms with Gasteiger partial charge in [0.15, 0.2) is 0 Å². The molecule has 0 bridgehead atoms. The molecule has 21 heavy (non-hydrogen) atoms. The van der Waals surface area contributed by atoms with Crippen LogP contribution in [-0.4, -0.2) is 11.1 Å². The van der Waals surface area contributed by atoms with E-state index in [9.17, 15) is 4.79 Å². The Hall–Kier alpha value is -2.56. The van der Waals surface area contributed by atoms with E-state index in [0.29, 0.717) is 6.42 Å². The average molecular weight is 299 g/mol. The SMILES string of the molecule is [N-]=[N+]=NC(=CCCc1ccc(-c2ccccc2)s1)C(=O)O. The standard InChI is InChI=1S/C15H13N3O2S/c16-18-17-13(15(19)20)8-4-7-12-9-10-14(21-12)11-5-2-1-3-6-11/h1-3,5-6,8-10H,4,7H2,(H,19,20). The molecule has 2 rings (SSSR count). The third kappa shape index (κ3) is 4.21. The summed E-state index contributed by atoms with van der Waals surface area (Å²) >= 11 is 1.68. The highest BCUT2D eigenvalue weighted by Gasteiger charge is 2.05. The molecule has 0 aliphatic heterocycles. The molecule has 1 N–H and O–H groups in total. The Morgan fingerprint density at radius 2 is 2.05 bits per heavy atom. The summed E-state index contributed by atoms with van der Waals surface area (Å²) in [5.41, 5.74) is 9.21. The van der Waals surface area contributed by atoms with Gasteiger partial charge in [0.2, 0.25) is 0 Å². The normalized spacial score (nSPS) is 11.0. The van der Waals surface area contributed by atoms with E-state index in [4.69, 9.17) is 10.6 Å². The third-order valence-electron chi connectivity index (χ3n) is 2.82. The van der Waals surface area contributed by atoms with Gasteiger partial charge in [-0.25, -0.2) is 4.79 Å². The van der Waals surface area contributed by atoms with Crippen molar-refractivity contribution >= 4 is 17.3 Å². The molecule has 2 aromatic rings. The molecule has 6 heteroatoms. The lowest BCUT2D eigenvalue weighted by atomic mass is 10.2. The van der Waals surface area contributed by atoms with Crippen LogP contribution in [0.5, 0.6) is 0 Å². The van der Waals surface area contributed by atoms with Crippen molar-refractivity contribution in [1.29, 1.82) is 0 Å². The fourth-order valence-electron chi connectivity index (χ4n) is 1.84. The molecule has 0 atom stereocenters. The van der Waals surface area contributed by atoms with Gasteiger partial charge in [-0.3, -0.25) is 0 Å². The molecule has 0 aliphatic rings. The first-order valence-corrected chi connectivity index (χ1v) is 7.15. The number of azide groups is 1. The van der Waals surface area contributed by atoms with E-state index in [1.54, 1.807) is 11.3 Å². The van der Waals surface area contributed by atoms with Crippen LogP contribution >= 0.6 is 11.3 Å². The highest BCUT2D eigenvalue weighted by Crippen LogP contribution is 2.28. The third-order valence-corrected chi connectivity index (χ3v) is 4.01. The van der Waals surface area contributed by atoms with Crippen molar-refractivity contribution in [1.82, 2.24) is 0 Å². The molecular formula is C15H13N3O2S. The van der Waals surface area contributed by atoms with Crippen LogP contribution in [0, 0.1) is 0 Å². The Labute approximate surface area is 125 Å². The monoisotopic (exact) mass is 299 g/mol. The van der Waals surface area contributed by atoms with E-state index in [0.717, 1.165) is 11.3 Å². The van der Waals surface area contributed by atoms with Crippen LogP contribution in [0.25, 0.3) is 20.9 Å². The summed E-state index contributed by atoms with van der Waals surface area (Å²) < 4.78 is 0. The minimum atomic E-state index is -1.20. The zero-order chi connectivity index (χ0) is 15.1. The van der Waals surface area contributed by atoms with Gasteiger partial charge in [-0.1, -0.05) is 41.5 Å². The number of hydrogen-bond acceptors (Lipinski definition) is 3. The fourth-order valence-corrected chi connectivity index (χ4v) is 2.87. The number of nitrogens with zero attached hydrogens (tertiary/aromatic N) is 3. The largest absolute Gasteiger partial charge is 0.478 e. The van der Waals surface area contributed by atoms with Crippen LogP contribution in [0.1, 0.15) is 11.3 Å². The van der Waals surface area contributed by atoms with Crippen molar-refractivity contribution in [2.45, 2.75) is 12.8 Å². The van der Waals surface area contributed by atoms with Gasteiger partial charge in [-0.05, 0) is 36.1 Å². The lowest BCUT2D eigenvalue weighted by Gasteiger charge is -1.96. The van der Waals surface area contributed by atoms with Gasteiger partial charge in [-0.15, -0.1) is 11.3 Å². The quantitative estimate of drug-likeness (QED) is 0.365. The van der Waals surface area contributed by atoms with E-state index < -0.39 is 5.97 Å². The first kappa shape index (κ1) is 14.8. The van der Waals surface area contributed by atoms with Gasteiger partial charge in [0.25, 0.3) is 0 Å². The Morgan fingerprint density at radius 1 is 1.29 bits per heavy atom. The summed E-state index contributed by atoms with van der Waals surface area (Å²) in [7, 11) is 0. The maximum Gasteiger partial charge on any atom is 0.337 e. The van der Waals surface area contributed by atoms with Crippen LogP contribution in [0.2, 0.25) is 0 Å². The van der Waals surface area contributed by atoms with Crippen LogP contribution in [-0.2, 0) is 11.2 Å². The maximum atomic E-state index is 10.8. The number of aliphatic carboxylic acids is 1. The molecular weight excluding hydrogens is 286 g/mol.